The van der Waals surface area contributed by atoms with E-state index in [4.69, 9.17) is 5.11 Å². The quantitative estimate of drug-likeness (QED) is 0.641. The topological polar surface area (TPSA) is 52.6 Å². The maximum atomic E-state index is 11.4. The molecule has 0 saturated carbocycles. The minimum atomic E-state index is -0.285. The van der Waals surface area contributed by atoms with E-state index in [0.717, 1.165) is 0 Å². The minimum absolute atomic E-state index is 0.0752. The summed E-state index contributed by atoms with van der Waals surface area (Å²) in [7, 11) is 1.61. The lowest BCUT2D eigenvalue weighted by atomic mass is 10.3. The van der Waals surface area contributed by atoms with Gasteiger partial charge in [-0.2, -0.15) is 0 Å². The van der Waals surface area contributed by atoms with Gasteiger partial charge in [0.15, 0.2) is 0 Å². The molecular weight excluding hydrogens is 180 g/mol. The summed E-state index contributed by atoms with van der Waals surface area (Å²) >= 11 is 0. The molecule has 0 unspecified atom stereocenters. The summed E-state index contributed by atoms with van der Waals surface area (Å²) in [5.74, 6) is 0. The zero-order valence-corrected chi connectivity index (χ0v) is 8.36. The van der Waals surface area contributed by atoms with Gasteiger partial charge in [-0.25, -0.2) is 4.79 Å². The van der Waals surface area contributed by atoms with Gasteiger partial charge in [0.25, 0.3) is 0 Å². The molecule has 0 bridgehead atoms. The van der Waals surface area contributed by atoms with Crippen LogP contribution in [0.5, 0.6) is 0 Å². The number of hydrogen-bond acceptors (Lipinski definition) is 2. The molecule has 0 atom stereocenters. The highest BCUT2D eigenvalue weighted by molar-refractivity contribution is 5.76. The number of urea groups is 1. The van der Waals surface area contributed by atoms with Gasteiger partial charge in [-0.1, -0.05) is 19.2 Å². The third kappa shape index (κ3) is 3.91. The number of amides is 2. The summed E-state index contributed by atoms with van der Waals surface area (Å²) in [6.45, 7) is 7.27. The predicted octanol–water partition coefficient (Wildman–Crippen LogP) is 0.876. The molecule has 0 aliphatic rings. The molecule has 0 aromatic rings. The lowest BCUT2D eigenvalue weighted by Crippen LogP contribution is -2.37. The van der Waals surface area contributed by atoms with Gasteiger partial charge in [-0.15, -0.1) is 0 Å². The van der Waals surface area contributed by atoms with Crippen molar-refractivity contribution in [2.75, 3.05) is 20.2 Å². The third-order valence-electron chi connectivity index (χ3n) is 1.58. The van der Waals surface area contributed by atoms with Crippen LogP contribution in [-0.2, 0) is 0 Å². The molecule has 2 N–H and O–H groups in total. The summed E-state index contributed by atoms with van der Waals surface area (Å²) in [5.41, 5.74) is 0.649. The molecule has 0 heterocycles. The summed E-state index contributed by atoms with van der Waals surface area (Å²) in [6.07, 6.45) is 4.80. The maximum absolute atomic E-state index is 11.4. The number of carbonyl (C=O) groups excluding carboxylic acids is 1. The van der Waals surface area contributed by atoms with Gasteiger partial charge < -0.3 is 10.4 Å². The molecule has 0 radical (unpaired) electrons. The van der Waals surface area contributed by atoms with Gasteiger partial charge >= 0.3 is 6.03 Å². The Kier molecular flexibility index (Phi) is 6.15. The van der Waals surface area contributed by atoms with Gasteiger partial charge in [0.2, 0.25) is 0 Å². The first-order valence-corrected chi connectivity index (χ1v) is 4.25. The number of aliphatic hydroxyl groups excluding tert-OH is 1. The van der Waals surface area contributed by atoms with Crippen molar-refractivity contribution in [2.24, 2.45) is 0 Å². The fourth-order valence-corrected chi connectivity index (χ4v) is 0.836. The Labute approximate surface area is 84.2 Å². The largest absolute Gasteiger partial charge is 0.395 e. The van der Waals surface area contributed by atoms with Crippen LogP contribution in [0.1, 0.15) is 0 Å². The van der Waals surface area contributed by atoms with Crippen molar-refractivity contribution >= 4 is 6.03 Å². The Morgan fingerprint density at radius 2 is 2.21 bits per heavy atom. The number of nitrogens with one attached hydrogen (secondary N) is 1. The average Bonchev–Trinajstić information content (AvgIpc) is 2.21. The van der Waals surface area contributed by atoms with Crippen LogP contribution in [0.2, 0.25) is 0 Å². The standard InChI is InChI=1S/C10H16N2O2/c1-4-6-9(5-2)12(3)10(14)11-7-8-13/h4-6,13H,1-2,7-8H2,3H3,(H,11,14)/b9-6+. The second kappa shape index (κ2) is 6.91. The normalized spacial score (nSPS) is 10.6. The smallest absolute Gasteiger partial charge is 0.321 e. The highest BCUT2D eigenvalue weighted by Gasteiger charge is 2.08. The number of carbonyl (C=O) groups is 1. The van der Waals surface area contributed by atoms with E-state index in [1.165, 1.54) is 4.90 Å². The van der Waals surface area contributed by atoms with Crippen molar-refractivity contribution in [3.63, 3.8) is 0 Å². The monoisotopic (exact) mass is 196 g/mol. The first kappa shape index (κ1) is 12.4. The summed E-state index contributed by atoms with van der Waals surface area (Å²) in [6, 6.07) is -0.285. The first-order valence-electron chi connectivity index (χ1n) is 4.25. The molecule has 14 heavy (non-hydrogen) atoms. The van der Waals surface area contributed by atoms with Crippen LogP contribution < -0.4 is 5.32 Å². The van der Waals surface area contributed by atoms with E-state index in [9.17, 15) is 4.79 Å². The highest BCUT2D eigenvalue weighted by Crippen LogP contribution is 2.02. The molecule has 0 saturated heterocycles. The summed E-state index contributed by atoms with van der Waals surface area (Å²) < 4.78 is 0. The van der Waals surface area contributed by atoms with E-state index >= 15 is 0 Å². The molecule has 4 nitrogen and oxygen atoms in total. The van der Waals surface area contributed by atoms with Crippen molar-refractivity contribution < 1.29 is 9.90 Å². The summed E-state index contributed by atoms with van der Waals surface area (Å²) in [5, 5.41) is 11.0. The zero-order valence-electron chi connectivity index (χ0n) is 8.36. The molecular formula is C10H16N2O2. The lowest BCUT2D eigenvalue weighted by Gasteiger charge is -2.18. The van der Waals surface area contributed by atoms with E-state index in [0.29, 0.717) is 5.70 Å². The molecule has 0 aromatic carbocycles. The van der Waals surface area contributed by atoms with Crippen molar-refractivity contribution in [1.82, 2.24) is 10.2 Å². The van der Waals surface area contributed by atoms with Crippen LogP contribution in [0.15, 0.2) is 37.1 Å². The molecule has 4 heteroatoms. The molecule has 0 spiro atoms. The Balaban J connectivity index is 4.34. The Morgan fingerprint density at radius 3 is 2.64 bits per heavy atom. The van der Waals surface area contributed by atoms with Crippen molar-refractivity contribution in [1.29, 1.82) is 0 Å². The fraction of sp³-hybridized carbons (Fsp3) is 0.300. The van der Waals surface area contributed by atoms with E-state index in [1.807, 2.05) is 0 Å². The number of rotatable bonds is 5. The average molecular weight is 196 g/mol. The molecule has 0 rings (SSSR count). The Hall–Kier alpha value is -1.55. The molecule has 0 fully saturated rings. The van der Waals surface area contributed by atoms with Crippen molar-refractivity contribution in [3.05, 3.63) is 37.1 Å². The molecule has 0 aromatic heterocycles. The maximum Gasteiger partial charge on any atom is 0.321 e. The predicted molar refractivity (Wildman–Crippen MR) is 56.7 cm³/mol. The van der Waals surface area contributed by atoms with Gasteiger partial charge in [-0.3, -0.25) is 4.90 Å². The van der Waals surface area contributed by atoms with E-state index in [2.05, 4.69) is 18.5 Å². The number of aliphatic hydroxyl groups is 1. The number of hydrogen-bond donors (Lipinski definition) is 2. The van der Waals surface area contributed by atoms with Crippen LogP contribution in [0.4, 0.5) is 4.79 Å². The van der Waals surface area contributed by atoms with Crippen LogP contribution in [0.25, 0.3) is 0 Å². The van der Waals surface area contributed by atoms with Crippen molar-refractivity contribution in [2.45, 2.75) is 0 Å². The van der Waals surface area contributed by atoms with Gasteiger partial charge in [0.1, 0.15) is 0 Å². The molecule has 78 valence electrons. The highest BCUT2D eigenvalue weighted by atomic mass is 16.3. The Morgan fingerprint density at radius 1 is 1.57 bits per heavy atom. The summed E-state index contributed by atoms with van der Waals surface area (Å²) in [4.78, 5) is 12.8. The molecule has 0 aliphatic heterocycles. The SMILES string of the molecule is C=C/C=C(\C=C)N(C)C(=O)NCCO. The number of nitrogens with zero attached hydrogens (tertiary/aromatic N) is 1. The first-order chi connectivity index (χ1) is 6.67. The van der Waals surface area contributed by atoms with E-state index in [-0.39, 0.29) is 19.2 Å². The lowest BCUT2D eigenvalue weighted by molar-refractivity contribution is 0.214. The molecule has 2 amide bonds. The Bertz CT molecular complexity index is 247. The van der Waals surface area contributed by atoms with Crippen LogP contribution in [-0.4, -0.2) is 36.2 Å². The van der Waals surface area contributed by atoms with Gasteiger partial charge in [0.05, 0.1) is 6.61 Å². The number of likely N-dealkylation sites (N-methyl/N-ethyl adjacent to an activating group) is 1. The fourth-order valence-electron chi connectivity index (χ4n) is 0.836. The third-order valence-corrected chi connectivity index (χ3v) is 1.58. The second-order valence-electron chi connectivity index (χ2n) is 2.55. The van der Waals surface area contributed by atoms with E-state index < -0.39 is 0 Å². The zero-order chi connectivity index (χ0) is 11.0. The number of allylic oxidation sites excluding steroid dienone is 3. The van der Waals surface area contributed by atoms with Crippen LogP contribution in [0, 0.1) is 0 Å². The molecule has 0 aliphatic carbocycles. The van der Waals surface area contributed by atoms with Gasteiger partial charge in [-0.05, 0) is 12.2 Å². The van der Waals surface area contributed by atoms with Crippen LogP contribution >= 0.6 is 0 Å². The van der Waals surface area contributed by atoms with E-state index in [1.54, 1.807) is 25.3 Å². The second-order valence-corrected chi connectivity index (χ2v) is 2.55. The van der Waals surface area contributed by atoms with Crippen LogP contribution in [0.3, 0.4) is 0 Å². The van der Waals surface area contributed by atoms with Gasteiger partial charge in [0, 0.05) is 19.3 Å². The minimum Gasteiger partial charge on any atom is -0.395 e. The van der Waals surface area contributed by atoms with Crippen molar-refractivity contribution in [3.8, 4) is 0 Å².